The van der Waals surface area contributed by atoms with Crippen molar-refractivity contribution >= 4 is 11.6 Å². The number of aryl methyl sites for hydroxylation is 1. The van der Waals surface area contributed by atoms with Crippen molar-refractivity contribution in [3.05, 3.63) is 83.0 Å². The first-order chi connectivity index (χ1) is 17.0. The summed E-state index contributed by atoms with van der Waals surface area (Å²) >= 11 is 0. The molecule has 4 heteroatoms. The Kier molecular flexibility index (Phi) is 4.64. The van der Waals surface area contributed by atoms with E-state index in [0.717, 1.165) is 30.4 Å². The second-order valence-electron chi connectivity index (χ2n) is 11.3. The van der Waals surface area contributed by atoms with Gasteiger partial charge in [0.25, 0.3) is 0 Å². The van der Waals surface area contributed by atoms with Gasteiger partial charge in [-0.25, -0.2) is 0 Å². The van der Waals surface area contributed by atoms with Gasteiger partial charge in [0.15, 0.2) is 0 Å². The summed E-state index contributed by atoms with van der Waals surface area (Å²) in [6.45, 7) is 0. The van der Waals surface area contributed by atoms with Crippen LogP contribution in [0.2, 0.25) is 0 Å². The summed E-state index contributed by atoms with van der Waals surface area (Å²) in [5, 5.41) is 21.4. The maximum Gasteiger partial charge on any atom is 0.141 e. The summed E-state index contributed by atoms with van der Waals surface area (Å²) in [6.07, 6.45) is 10.2. The molecule has 35 heavy (non-hydrogen) atoms. The number of phenols is 2. The van der Waals surface area contributed by atoms with E-state index in [-0.39, 0.29) is 64.6 Å². The number of hydrogen-bond donors (Lipinski definition) is 2. The fourth-order valence-electron chi connectivity index (χ4n) is 8.40. The van der Waals surface area contributed by atoms with Crippen molar-refractivity contribution in [1.82, 2.24) is 0 Å². The van der Waals surface area contributed by atoms with Crippen LogP contribution in [-0.4, -0.2) is 21.8 Å². The summed E-state index contributed by atoms with van der Waals surface area (Å²) < 4.78 is 0. The molecular weight excluding hydrogens is 436 g/mol. The van der Waals surface area contributed by atoms with Crippen LogP contribution in [0.1, 0.15) is 41.9 Å². The topological polar surface area (TPSA) is 74.6 Å². The standard InChI is InChI=1S/C31H30O4/c32-24-12-13-25(33)28-21(24)11-10-19-20(9-6-16-4-2-1-3-5-16)29-23(15-22(19)28)30(34)26-17-7-8-18(14-17)27(26)31(29)35/h1-5,7-8,10,12-13,17-18,20,22-23,26-27,29,32-33H,6,9,11,14-15H2/t17-,18+,20-,22+,23+,26?,27?,29-/m0/s1. The zero-order valence-corrected chi connectivity index (χ0v) is 19.6. The maximum atomic E-state index is 14.1. The molecule has 2 N–H and O–H groups in total. The molecule has 7 rings (SSSR count). The van der Waals surface area contributed by atoms with Crippen LogP contribution in [0.15, 0.2) is 66.3 Å². The summed E-state index contributed by atoms with van der Waals surface area (Å²) in [4.78, 5) is 28.2. The van der Waals surface area contributed by atoms with E-state index in [2.05, 4.69) is 30.4 Å². The second kappa shape index (κ2) is 7.68. The molecule has 178 valence electrons. The predicted molar refractivity (Wildman–Crippen MR) is 132 cm³/mol. The highest BCUT2D eigenvalue weighted by Crippen LogP contribution is 2.61. The van der Waals surface area contributed by atoms with Gasteiger partial charge in [0, 0.05) is 40.7 Å². The Morgan fingerprint density at radius 1 is 0.800 bits per heavy atom. The highest BCUT2D eigenvalue weighted by molar-refractivity contribution is 6.01. The maximum absolute atomic E-state index is 14.1. The van der Waals surface area contributed by atoms with Crippen LogP contribution in [0.3, 0.4) is 0 Å². The minimum absolute atomic E-state index is 0.0191. The van der Waals surface area contributed by atoms with E-state index in [1.54, 1.807) is 12.1 Å². The molecule has 4 nitrogen and oxygen atoms in total. The molecule has 5 aliphatic carbocycles. The third kappa shape index (κ3) is 2.98. The zero-order chi connectivity index (χ0) is 23.8. The highest BCUT2D eigenvalue weighted by atomic mass is 16.3. The van der Waals surface area contributed by atoms with Gasteiger partial charge in [0.2, 0.25) is 0 Å². The summed E-state index contributed by atoms with van der Waals surface area (Å²) in [6, 6.07) is 13.5. The van der Waals surface area contributed by atoms with Crippen LogP contribution in [0.5, 0.6) is 11.5 Å². The van der Waals surface area contributed by atoms with E-state index in [0.29, 0.717) is 18.6 Å². The lowest BCUT2D eigenvalue weighted by molar-refractivity contribution is -0.151. The molecule has 3 saturated carbocycles. The molecule has 2 aromatic carbocycles. The minimum Gasteiger partial charge on any atom is -0.508 e. The van der Waals surface area contributed by atoms with Gasteiger partial charge in [-0.15, -0.1) is 0 Å². The first kappa shape index (κ1) is 21.2. The lowest BCUT2D eigenvalue weighted by Gasteiger charge is -2.50. The normalized spacial score (nSPS) is 36.3. The average Bonchev–Trinajstić information content (AvgIpc) is 3.50. The number of carbonyl (C=O) groups is 2. The molecule has 0 amide bonds. The molecule has 0 aromatic heterocycles. The zero-order valence-electron chi connectivity index (χ0n) is 19.6. The molecule has 3 fully saturated rings. The van der Waals surface area contributed by atoms with Crippen molar-refractivity contribution in [3.63, 3.8) is 0 Å². The highest BCUT2D eigenvalue weighted by Gasteiger charge is 2.62. The van der Waals surface area contributed by atoms with Crippen LogP contribution < -0.4 is 0 Å². The molecule has 0 spiro atoms. The van der Waals surface area contributed by atoms with Gasteiger partial charge in [-0.1, -0.05) is 54.1 Å². The summed E-state index contributed by atoms with van der Waals surface area (Å²) in [7, 11) is 0. The second-order valence-corrected chi connectivity index (χ2v) is 11.3. The van der Waals surface area contributed by atoms with E-state index in [1.807, 2.05) is 18.2 Å². The number of hydrogen-bond acceptors (Lipinski definition) is 4. The van der Waals surface area contributed by atoms with Crippen molar-refractivity contribution in [3.8, 4) is 11.5 Å². The monoisotopic (exact) mass is 466 g/mol. The van der Waals surface area contributed by atoms with Crippen molar-refractivity contribution in [2.45, 2.75) is 38.0 Å². The number of rotatable bonds is 3. The van der Waals surface area contributed by atoms with Gasteiger partial charge < -0.3 is 10.2 Å². The number of aromatic hydroxyl groups is 2. The van der Waals surface area contributed by atoms with E-state index in [4.69, 9.17) is 0 Å². The lowest BCUT2D eigenvalue weighted by atomic mass is 9.51. The Hall–Kier alpha value is -3.14. The Balaban J connectivity index is 1.32. The number of Topliss-reactive ketones (excluding diaryl/α,β-unsaturated/α-hetero) is 2. The smallest absolute Gasteiger partial charge is 0.141 e. The minimum atomic E-state index is -0.313. The van der Waals surface area contributed by atoms with Gasteiger partial charge in [0.05, 0.1) is 0 Å². The fraction of sp³-hybridized carbons (Fsp3) is 0.419. The summed E-state index contributed by atoms with van der Waals surface area (Å²) in [5.41, 5.74) is 3.95. The van der Waals surface area contributed by atoms with Crippen LogP contribution in [0.4, 0.5) is 0 Å². The van der Waals surface area contributed by atoms with Gasteiger partial charge in [-0.05, 0) is 67.6 Å². The van der Waals surface area contributed by atoms with Crippen molar-refractivity contribution in [2.24, 2.45) is 41.4 Å². The molecule has 5 aliphatic rings. The molecular formula is C31H30O4. The summed E-state index contributed by atoms with van der Waals surface area (Å²) in [5.74, 6) is 0.329. The third-order valence-electron chi connectivity index (χ3n) is 9.78. The Morgan fingerprint density at radius 3 is 2.29 bits per heavy atom. The number of allylic oxidation sites excluding steroid dienone is 4. The third-order valence-corrected chi connectivity index (χ3v) is 9.78. The fourth-order valence-corrected chi connectivity index (χ4v) is 8.40. The van der Waals surface area contributed by atoms with Gasteiger partial charge in [-0.2, -0.15) is 0 Å². The van der Waals surface area contributed by atoms with Crippen LogP contribution >= 0.6 is 0 Å². The lowest BCUT2D eigenvalue weighted by Crippen LogP contribution is -2.54. The Bertz CT molecular complexity index is 1290. The number of benzene rings is 2. The van der Waals surface area contributed by atoms with E-state index in [9.17, 15) is 19.8 Å². The van der Waals surface area contributed by atoms with Gasteiger partial charge >= 0.3 is 0 Å². The molecule has 2 unspecified atom stereocenters. The van der Waals surface area contributed by atoms with Crippen LogP contribution in [-0.2, 0) is 22.4 Å². The number of fused-ring (bicyclic) bond motifs is 9. The van der Waals surface area contributed by atoms with Crippen LogP contribution in [0.25, 0.3) is 0 Å². The molecule has 2 bridgehead atoms. The average molecular weight is 467 g/mol. The number of carbonyl (C=O) groups excluding carboxylic acids is 2. The van der Waals surface area contributed by atoms with Crippen molar-refractivity contribution < 1.29 is 19.8 Å². The van der Waals surface area contributed by atoms with E-state index >= 15 is 0 Å². The Morgan fingerprint density at radius 2 is 1.51 bits per heavy atom. The van der Waals surface area contributed by atoms with Crippen molar-refractivity contribution in [2.75, 3.05) is 0 Å². The van der Waals surface area contributed by atoms with Gasteiger partial charge in [-0.3, -0.25) is 9.59 Å². The number of phenolic OH excluding ortho intramolecular Hbond substituents is 2. The van der Waals surface area contributed by atoms with E-state index < -0.39 is 0 Å². The molecule has 0 heterocycles. The molecule has 0 radical (unpaired) electrons. The molecule has 2 aromatic rings. The molecule has 0 aliphatic heterocycles. The quantitative estimate of drug-likeness (QED) is 0.485. The van der Waals surface area contributed by atoms with E-state index in [1.165, 1.54) is 11.1 Å². The predicted octanol–water partition coefficient (Wildman–Crippen LogP) is 5.14. The number of ketones is 2. The largest absolute Gasteiger partial charge is 0.508 e. The molecule has 8 atom stereocenters. The SMILES string of the molecule is O=C1C2C(C(=O)[C@@H]3C[C@@H]4C(=CCc5c(O)ccc(O)c54)[C@H](CCc4ccccc4)[C@H]13)[C@H]1C=C[C@@H]2C1. The van der Waals surface area contributed by atoms with Crippen molar-refractivity contribution in [1.29, 1.82) is 0 Å². The first-order valence-corrected chi connectivity index (χ1v) is 13.1. The first-order valence-electron chi connectivity index (χ1n) is 13.1. The Labute approximate surface area is 205 Å². The van der Waals surface area contributed by atoms with Crippen LogP contribution in [0, 0.1) is 41.4 Å². The van der Waals surface area contributed by atoms with Gasteiger partial charge in [0.1, 0.15) is 23.1 Å². The molecule has 0 saturated heterocycles.